The van der Waals surface area contributed by atoms with Crippen LogP contribution >= 0.6 is 0 Å². The van der Waals surface area contributed by atoms with Gasteiger partial charge in [0.2, 0.25) is 47.8 Å². The van der Waals surface area contributed by atoms with Gasteiger partial charge in [-0.25, -0.2) is 9.69 Å². The number of imide groups is 1. The molecule has 9 atom stereocenters. The Hall–Kier alpha value is -11.8. The first-order valence-corrected chi connectivity index (χ1v) is 47.0. The summed E-state index contributed by atoms with van der Waals surface area (Å²) in [5.74, 6) is -5.06. The topological polar surface area (TPSA) is 514 Å². The number of hydrogen-bond acceptors (Lipinski definition) is 32. The van der Waals surface area contributed by atoms with Crippen molar-refractivity contribution in [3.63, 3.8) is 0 Å². The number of carbonyl (C=O) groups is 12. The van der Waals surface area contributed by atoms with E-state index in [2.05, 4.69) is 37.2 Å². The van der Waals surface area contributed by atoms with Gasteiger partial charge in [-0.05, 0) is 119 Å². The molecule has 0 saturated carbocycles. The molecular weight excluding hydrogens is 1830 g/mol. The van der Waals surface area contributed by atoms with Crippen molar-refractivity contribution < 1.29 is 149 Å². The zero-order valence-electron chi connectivity index (χ0n) is 81.4. The molecule has 0 fully saturated rings. The lowest BCUT2D eigenvalue weighted by Crippen LogP contribution is -2.53. The highest BCUT2D eigenvalue weighted by Crippen LogP contribution is 2.45. The van der Waals surface area contributed by atoms with E-state index in [1.807, 2.05) is 13.8 Å². The maximum absolute atomic E-state index is 14.5. The minimum Gasteiger partial charge on any atom is -0.493 e. The maximum Gasteiger partial charge on any atom is 0.416 e. The highest BCUT2D eigenvalue weighted by Gasteiger charge is 2.47. The molecule has 10 N–H and O–H groups in total. The normalized spacial score (nSPS) is 17.0. The molecule has 0 aromatic heterocycles. The Bertz CT molecular complexity index is 4830. The number of benzene rings is 4. The van der Waals surface area contributed by atoms with Crippen molar-refractivity contribution in [2.24, 2.45) is 11.8 Å². The summed E-state index contributed by atoms with van der Waals surface area (Å²) >= 11 is 0. The van der Waals surface area contributed by atoms with Crippen LogP contribution in [0, 0.1) is 11.8 Å². The number of aliphatic hydroxyl groups is 3. The zero-order chi connectivity index (χ0) is 101. The first-order valence-electron chi connectivity index (χ1n) is 47.0. The molecule has 0 aliphatic carbocycles. The van der Waals surface area contributed by atoms with E-state index in [-0.39, 0.29) is 174 Å². The van der Waals surface area contributed by atoms with Gasteiger partial charge in [0.15, 0.2) is 35.5 Å². The predicted octanol–water partition coefficient (Wildman–Crippen LogP) is 4.85. The monoisotopic (exact) mass is 1960 g/mol. The van der Waals surface area contributed by atoms with E-state index in [1.54, 1.807) is 88.6 Å². The Labute approximate surface area is 814 Å². The third kappa shape index (κ3) is 34.6. The third-order valence-electron chi connectivity index (χ3n) is 22.8. The minimum absolute atomic E-state index is 0.00101. The van der Waals surface area contributed by atoms with Gasteiger partial charge in [-0.3, -0.25) is 62.5 Å². The number of rotatable bonds is 64. The molecule has 770 valence electrons. The van der Waals surface area contributed by atoms with Crippen LogP contribution in [0.3, 0.4) is 0 Å². The average Bonchev–Trinajstić information content (AvgIpc) is 1.60. The number of amides is 12. The van der Waals surface area contributed by atoms with Gasteiger partial charge in [0.25, 0.3) is 23.6 Å². The second-order valence-electron chi connectivity index (χ2n) is 34.2. The molecule has 4 aromatic rings. The van der Waals surface area contributed by atoms with E-state index in [0.29, 0.717) is 134 Å². The van der Waals surface area contributed by atoms with Crippen LogP contribution in [0.5, 0.6) is 23.0 Å². The second-order valence-corrected chi connectivity index (χ2v) is 34.2. The first-order chi connectivity index (χ1) is 67.4. The van der Waals surface area contributed by atoms with E-state index >= 15 is 0 Å². The van der Waals surface area contributed by atoms with Crippen LogP contribution in [-0.2, 0) is 113 Å². The van der Waals surface area contributed by atoms with Crippen LogP contribution in [0.25, 0.3) is 0 Å². The van der Waals surface area contributed by atoms with Crippen molar-refractivity contribution in [3.8, 4) is 23.0 Å². The number of aliphatic hydroxyl groups excluding tert-OH is 3. The van der Waals surface area contributed by atoms with Crippen molar-refractivity contribution in [2.45, 2.75) is 175 Å². The quantitative estimate of drug-likeness (QED) is 0.0160. The lowest BCUT2D eigenvalue weighted by molar-refractivity contribution is -0.137. The summed E-state index contributed by atoms with van der Waals surface area (Å²) < 4.78 is 90.5. The SMILES string of the molecule is COCCOCCC(=O)NC(C(=O)NC(C)C(=O)Nc1ccc(COC(=O)N2c3cc(OCCCCCOc4cc5c(cc4OC)C(=O)N4C=C(C)CC4C(O)N5C(O)OCc4ccc(NC(=O)C(C)NC(=O)C(NC(=O)CCOCCOCCOCCOCCOCCOCCOCCOCCNC(=O)CCN5C(=O)C=CC5=O)C(C)C)cc4)c(OC)cc3C(=O)N3C=C(C)CC3C2O)cc1)C(C)C. The zero-order valence-corrected chi connectivity index (χ0v) is 81.4. The molecule has 43 heteroatoms. The Morgan fingerprint density at radius 1 is 0.436 bits per heavy atom. The average molecular weight is 1970 g/mol. The fraction of sp³-hybridized carbons (Fsp3) is 0.567. The van der Waals surface area contributed by atoms with Crippen molar-refractivity contribution >= 4 is 93.8 Å². The third-order valence-corrected chi connectivity index (χ3v) is 22.8. The number of unbranched alkanes of at least 4 members (excludes halogenated alkanes) is 2. The number of fused-ring (bicyclic) bond motifs is 4. The number of ether oxygens (including phenoxy) is 16. The predicted molar refractivity (Wildman–Crippen MR) is 506 cm³/mol. The summed E-state index contributed by atoms with van der Waals surface area (Å²) in [7, 11) is 4.36. The molecule has 0 bridgehead atoms. The number of anilines is 4. The first kappa shape index (κ1) is 112. The Morgan fingerprint density at radius 3 is 1.26 bits per heavy atom. The van der Waals surface area contributed by atoms with E-state index in [0.717, 1.165) is 20.9 Å². The van der Waals surface area contributed by atoms with Crippen molar-refractivity contribution in [3.05, 3.63) is 131 Å². The van der Waals surface area contributed by atoms with Crippen LogP contribution in [0.2, 0.25) is 0 Å². The van der Waals surface area contributed by atoms with Crippen LogP contribution in [0.1, 0.15) is 139 Å². The van der Waals surface area contributed by atoms with Crippen LogP contribution in [0.4, 0.5) is 27.5 Å². The fourth-order valence-electron chi connectivity index (χ4n) is 15.1. The maximum atomic E-state index is 14.5. The molecule has 5 heterocycles. The molecule has 9 unspecified atom stereocenters. The summed E-state index contributed by atoms with van der Waals surface area (Å²) in [4.78, 5) is 164. The largest absolute Gasteiger partial charge is 0.493 e. The smallest absolute Gasteiger partial charge is 0.416 e. The van der Waals surface area contributed by atoms with Crippen molar-refractivity contribution in [1.82, 2.24) is 41.3 Å². The van der Waals surface area contributed by atoms with Gasteiger partial charge in [-0.15, -0.1) is 0 Å². The van der Waals surface area contributed by atoms with Crippen LogP contribution < -0.4 is 66.0 Å². The molecule has 0 saturated heterocycles. The van der Waals surface area contributed by atoms with Gasteiger partial charge in [0.05, 0.1) is 194 Å². The van der Waals surface area contributed by atoms with Gasteiger partial charge >= 0.3 is 6.09 Å². The molecule has 0 radical (unpaired) electrons. The summed E-state index contributed by atoms with van der Waals surface area (Å²) in [5.41, 5.74) is 3.58. The summed E-state index contributed by atoms with van der Waals surface area (Å²) in [6.07, 6.45) is 1.72. The standard InChI is InChI=1S/C97H136N12O31/c1-61(2)86(103-82(111)26-32-128-36-35-125-9)90(117)99-65(7)88(115)101-69-19-15-67(16-20-69)59-139-96(123)108-73-55-79(77(126-10)53-71(73)92(119)106-57-63(5)51-75(106)94(108)121)137-30-13-12-14-31-138-80-56-74-72(54-78(80)127-11)93(120)107-58-64(6)52-76(107)95(122)109(74)97(124)140-60-68-17-21-70(22-18-68)102-89(116)66(8)100-91(118)87(62(3)4)104-83(112)27-33-129-37-39-131-41-43-133-45-47-135-49-50-136-48-46-134-44-42-132-40-38-130-34-28-98-81(110)25-29-105-84(113)23-24-85(105)114/h15-24,53-58,61-62,65-66,75-76,86-87,94-95,97,121-122,124H,12-14,25-52,59-60H2,1-11H3,(H,98,110)(H,99,117)(H,100,118)(H,101,115)(H,102,116)(H,103,111)(H,104,112). The molecule has 43 nitrogen and oxygen atoms in total. The van der Waals surface area contributed by atoms with Crippen molar-refractivity contribution in [1.29, 1.82) is 0 Å². The molecule has 140 heavy (non-hydrogen) atoms. The highest BCUT2D eigenvalue weighted by molar-refractivity contribution is 6.13. The summed E-state index contributed by atoms with van der Waals surface area (Å²) in [6, 6.07) is 13.1. The van der Waals surface area contributed by atoms with Crippen molar-refractivity contribution in [2.75, 3.05) is 194 Å². The van der Waals surface area contributed by atoms with E-state index in [1.165, 1.54) is 86.3 Å². The number of nitrogens with zero attached hydrogens (tertiary/aromatic N) is 5. The van der Waals surface area contributed by atoms with Gasteiger partial charge in [-0.1, -0.05) is 63.1 Å². The Morgan fingerprint density at radius 2 is 0.836 bits per heavy atom. The number of nitrogens with one attached hydrogen (secondary N) is 7. The molecule has 0 spiro atoms. The molecule has 4 aromatic carbocycles. The molecule has 5 aliphatic heterocycles. The van der Waals surface area contributed by atoms with Gasteiger partial charge < -0.3 is 138 Å². The lowest BCUT2D eigenvalue weighted by Gasteiger charge is -2.36. The van der Waals surface area contributed by atoms with Crippen LogP contribution in [0.15, 0.2) is 108 Å². The highest BCUT2D eigenvalue weighted by atomic mass is 16.6. The van der Waals surface area contributed by atoms with Gasteiger partial charge in [0, 0.05) is 87.5 Å². The molecule has 5 aliphatic rings. The van der Waals surface area contributed by atoms with E-state index < -0.39 is 114 Å². The summed E-state index contributed by atoms with van der Waals surface area (Å²) in [5, 5.41) is 55.3. The fourth-order valence-corrected chi connectivity index (χ4v) is 15.1. The number of hydrogen-bond donors (Lipinski definition) is 10. The molecule has 9 rings (SSSR count). The molecule has 12 amide bonds. The second kappa shape index (κ2) is 58.4. The van der Waals surface area contributed by atoms with Gasteiger partial charge in [0.1, 0.15) is 30.8 Å². The summed E-state index contributed by atoms with van der Waals surface area (Å²) in [6.45, 7) is 19.8. The van der Waals surface area contributed by atoms with Gasteiger partial charge in [-0.2, -0.15) is 0 Å². The number of carbonyl (C=O) groups excluding carboxylic acids is 12. The lowest BCUT2D eigenvalue weighted by atomic mass is 10.0. The Balaban J connectivity index is 0.656. The Kier molecular flexibility index (Phi) is 46.6. The van der Waals surface area contributed by atoms with E-state index in [4.69, 9.17) is 75.8 Å². The minimum atomic E-state index is -1.85. The number of methoxy groups -OCH3 is 3. The van der Waals surface area contributed by atoms with Crippen LogP contribution in [-0.4, -0.2) is 329 Å². The molecular formula is C97H136N12O31. The van der Waals surface area contributed by atoms with E-state index in [9.17, 15) is 72.9 Å².